The number of hydrogen-bond acceptors (Lipinski definition) is 3. The van der Waals surface area contributed by atoms with E-state index < -0.39 is 5.97 Å². The molecule has 0 saturated heterocycles. The summed E-state index contributed by atoms with van der Waals surface area (Å²) in [6.45, 7) is 1.59. The van der Waals surface area contributed by atoms with Crippen molar-refractivity contribution >= 4 is 23.5 Å². The van der Waals surface area contributed by atoms with Crippen LogP contribution in [0.25, 0.3) is 0 Å². The number of carboxylic acid groups (broad SMARTS) is 1. The van der Waals surface area contributed by atoms with Crippen LogP contribution in [0, 0.1) is 0 Å². The Labute approximate surface area is 98.9 Å². The largest absolute Gasteiger partial charge is 0.478 e. The first kappa shape index (κ1) is 12.8. The molecule has 0 spiro atoms. The van der Waals surface area contributed by atoms with E-state index in [0.29, 0.717) is 12.0 Å². The van der Waals surface area contributed by atoms with Gasteiger partial charge in [-0.1, -0.05) is 12.1 Å². The second-order valence-electron chi connectivity index (χ2n) is 3.51. The fourth-order valence-electron chi connectivity index (χ4n) is 1.15. The van der Waals surface area contributed by atoms with Crippen molar-refractivity contribution in [3.63, 3.8) is 0 Å². The molecule has 1 rings (SSSR count). The number of ketones is 1. The molecule has 16 heavy (non-hydrogen) atoms. The van der Waals surface area contributed by atoms with E-state index >= 15 is 0 Å². The molecule has 0 aliphatic rings. The van der Waals surface area contributed by atoms with Crippen LogP contribution < -0.4 is 0 Å². The second kappa shape index (κ2) is 6.33. The molecule has 0 fully saturated rings. The molecule has 4 heteroatoms. The van der Waals surface area contributed by atoms with E-state index in [-0.39, 0.29) is 5.78 Å². The quantitative estimate of drug-likeness (QED) is 0.774. The molecule has 0 heterocycles. The maximum Gasteiger partial charge on any atom is 0.335 e. The molecule has 0 aromatic heterocycles. The summed E-state index contributed by atoms with van der Waals surface area (Å²) in [7, 11) is 0. The predicted octanol–water partition coefficient (Wildman–Crippen LogP) is 2.60. The highest BCUT2D eigenvalue weighted by Crippen LogP contribution is 2.14. The first-order chi connectivity index (χ1) is 7.59. The van der Waals surface area contributed by atoms with Gasteiger partial charge in [-0.3, -0.25) is 4.79 Å². The average Bonchev–Trinajstić information content (AvgIpc) is 2.25. The predicted molar refractivity (Wildman–Crippen MR) is 64.9 cm³/mol. The molecule has 0 bridgehead atoms. The van der Waals surface area contributed by atoms with E-state index in [1.54, 1.807) is 30.8 Å². The number of carbonyl (C=O) groups is 2. The summed E-state index contributed by atoms with van der Waals surface area (Å²) >= 11 is 1.68. The van der Waals surface area contributed by atoms with Gasteiger partial charge in [0.15, 0.2) is 0 Å². The van der Waals surface area contributed by atoms with E-state index in [1.807, 2.05) is 12.1 Å². The lowest BCUT2D eigenvalue weighted by Crippen LogP contribution is -1.96. The molecule has 0 atom stereocenters. The van der Waals surface area contributed by atoms with Crippen molar-refractivity contribution in [1.29, 1.82) is 0 Å². The summed E-state index contributed by atoms with van der Waals surface area (Å²) in [5.74, 6) is 0.924. The number of carboxylic acids is 1. The third kappa shape index (κ3) is 4.49. The van der Waals surface area contributed by atoms with Crippen molar-refractivity contribution in [3.8, 4) is 0 Å². The number of benzene rings is 1. The normalized spacial score (nSPS) is 10.1. The monoisotopic (exact) mass is 238 g/mol. The summed E-state index contributed by atoms with van der Waals surface area (Å²) in [6.07, 6.45) is 0.595. The third-order valence-corrected chi connectivity index (χ3v) is 3.10. The Morgan fingerprint density at radius 3 is 2.38 bits per heavy atom. The van der Waals surface area contributed by atoms with Crippen LogP contribution in [0.4, 0.5) is 0 Å². The van der Waals surface area contributed by atoms with Crippen LogP contribution in [-0.2, 0) is 10.5 Å². The molecule has 0 unspecified atom stereocenters. The molecular formula is C12H14O3S. The standard InChI is InChI=1S/C12H14O3S/c1-9(13)6-7-16-8-10-2-4-11(5-3-10)12(14)15/h2-5H,6-8H2,1H3,(H,14,15). The van der Waals surface area contributed by atoms with Gasteiger partial charge in [0, 0.05) is 17.9 Å². The smallest absolute Gasteiger partial charge is 0.335 e. The molecule has 0 radical (unpaired) electrons. The Kier molecular flexibility index (Phi) is 5.05. The highest BCUT2D eigenvalue weighted by atomic mass is 32.2. The van der Waals surface area contributed by atoms with E-state index in [9.17, 15) is 9.59 Å². The third-order valence-electron chi connectivity index (χ3n) is 2.07. The highest BCUT2D eigenvalue weighted by Gasteiger charge is 2.01. The van der Waals surface area contributed by atoms with Gasteiger partial charge in [-0.05, 0) is 24.6 Å². The zero-order chi connectivity index (χ0) is 12.0. The first-order valence-electron chi connectivity index (χ1n) is 4.99. The van der Waals surface area contributed by atoms with Gasteiger partial charge in [-0.25, -0.2) is 4.79 Å². The van der Waals surface area contributed by atoms with Crippen LogP contribution in [-0.4, -0.2) is 22.6 Å². The van der Waals surface area contributed by atoms with Crippen LogP contribution in [0.15, 0.2) is 24.3 Å². The number of thioether (sulfide) groups is 1. The van der Waals surface area contributed by atoms with Crippen LogP contribution in [0.5, 0.6) is 0 Å². The lowest BCUT2D eigenvalue weighted by atomic mass is 10.1. The average molecular weight is 238 g/mol. The van der Waals surface area contributed by atoms with Crippen molar-refractivity contribution in [2.75, 3.05) is 5.75 Å². The van der Waals surface area contributed by atoms with Crippen LogP contribution in [0.2, 0.25) is 0 Å². The highest BCUT2D eigenvalue weighted by molar-refractivity contribution is 7.98. The number of aromatic carboxylic acids is 1. The maximum absolute atomic E-state index is 10.7. The van der Waals surface area contributed by atoms with Gasteiger partial charge >= 0.3 is 5.97 Å². The molecule has 1 N–H and O–H groups in total. The van der Waals surface area contributed by atoms with Gasteiger partial charge in [0.1, 0.15) is 5.78 Å². The first-order valence-corrected chi connectivity index (χ1v) is 6.14. The second-order valence-corrected chi connectivity index (χ2v) is 4.61. The summed E-state index contributed by atoms with van der Waals surface area (Å²) < 4.78 is 0. The van der Waals surface area contributed by atoms with Crippen LogP contribution in [0.3, 0.4) is 0 Å². The maximum atomic E-state index is 10.7. The Balaban J connectivity index is 2.38. The van der Waals surface area contributed by atoms with Gasteiger partial charge < -0.3 is 5.11 Å². The van der Waals surface area contributed by atoms with Crippen molar-refractivity contribution in [2.45, 2.75) is 19.1 Å². The number of rotatable bonds is 6. The SMILES string of the molecule is CC(=O)CCSCc1ccc(C(=O)O)cc1. The number of hydrogen-bond donors (Lipinski definition) is 1. The molecule has 3 nitrogen and oxygen atoms in total. The van der Waals surface area contributed by atoms with Crippen molar-refractivity contribution in [2.24, 2.45) is 0 Å². The summed E-state index contributed by atoms with van der Waals surface area (Å²) in [4.78, 5) is 21.3. The number of carbonyl (C=O) groups excluding carboxylic acids is 1. The minimum atomic E-state index is -0.907. The lowest BCUT2D eigenvalue weighted by Gasteiger charge is -2.01. The van der Waals surface area contributed by atoms with Gasteiger partial charge in [-0.15, -0.1) is 0 Å². The van der Waals surface area contributed by atoms with Gasteiger partial charge in [0.25, 0.3) is 0 Å². The molecule has 0 aliphatic carbocycles. The van der Waals surface area contributed by atoms with Crippen molar-refractivity contribution in [1.82, 2.24) is 0 Å². The molecule has 0 saturated carbocycles. The number of Topliss-reactive ketones (excluding diaryl/α,β-unsaturated/α-hetero) is 1. The molecule has 1 aromatic carbocycles. The fraction of sp³-hybridized carbons (Fsp3) is 0.333. The lowest BCUT2D eigenvalue weighted by molar-refractivity contribution is -0.116. The molecule has 86 valence electrons. The summed E-state index contributed by atoms with van der Waals surface area (Å²) in [5, 5.41) is 8.71. The topological polar surface area (TPSA) is 54.4 Å². The minimum absolute atomic E-state index is 0.203. The zero-order valence-corrected chi connectivity index (χ0v) is 9.92. The van der Waals surface area contributed by atoms with E-state index in [2.05, 4.69) is 0 Å². The Hall–Kier alpha value is -1.29. The Morgan fingerprint density at radius 2 is 1.88 bits per heavy atom. The summed E-state index contributed by atoms with van der Waals surface area (Å²) in [5.41, 5.74) is 1.39. The molecular weight excluding hydrogens is 224 g/mol. The fourth-order valence-corrected chi connectivity index (χ4v) is 2.15. The van der Waals surface area contributed by atoms with E-state index in [4.69, 9.17) is 5.11 Å². The van der Waals surface area contributed by atoms with Crippen LogP contribution >= 0.6 is 11.8 Å². The van der Waals surface area contributed by atoms with Crippen molar-refractivity contribution < 1.29 is 14.7 Å². The van der Waals surface area contributed by atoms with Crippen LogP contribution in [0.1, 0.15) is 29.3 Å². The Morgan fingerprint density at radius 1 is 1.25 bits per heavy atom. The zero-order valence-electron chi connectivity index (χ0n) is 9.10. The summed E-state index contributed by atoms with van der Waals surface area (Å²) in [6, 6.07) is 6.82. The minimum Gasteiger partial charge on any atom is -0.478 e. The van der Waals surface area contributed by atoms with Gasteiger partial charge in [0.05, 0.1) is 5.56 Å². The van der Waals surface area contributed by atoms with E-state index in [0.717, 1.165) is 17.1 Å². The van der Waals surface area contributed by atoms with Gasteiger partial charge in [-0.2, -0.15) is 11.8 Å². The van der Waals surface area contributed by atoms with Crippen molar-refractivity contribution in [3.05, 3.63) is 35.4 Å². The van der Waals surface area contributed by atoms with Gasteiger partial charge in [0.2, 0.25) is 0 Å². The molecule has 0 aliphatic heterocycles. The Bertz CT molecular complexity index is 370. The van der Waals surface area contributed by atoms with E-state index in [1.165, 1.54) is 0 Å². The molecule has 0 amide bonds. The molecule has 1 aromatic rings.